The highest BCUT2D eigenvalue weighted by Crippen LogP contribution is 2.27. The van der Waals surface area contributed by atoms with Gasteiger partial charge in [0.05, 0.1) is 7.11 Å². The molecule has 0 aliphatic carbocycles. The van der Waals surface area contributed by atoms with E-state index in [-0.39, 0.29) is 25.5 Å². The quantitative estimate of drug-likeness (QED) is 0.529. The van der Waals surface area contributed by atoms with E-state index in [1.165, 1.54) is 0 Å². The number of carboxylic acid groups (broad SMARTS) is 1. The van der Waals surface area contributed by atoms with E-state index in [1.807, 2.05) is 36.4 Å². The maximum atomic E-state index is 12.3. The Labute approximate surface area is 152 Å². The number of methoxy groups -OCH3 is 1. The molecule has 6 heteroatoms. The van der Waals surface area contributed by atoms with Gasteiger partial charge in [-0.1, -0.05) is 42.5 Å². The summed E-state index contributed by atoms with van der Waals surface area (Å²) in [5.41, 5.74) is 7.45. The fourth-order valence-electron chi connectivity index (χ4n) is 2.68. The molecule has 0 heterocycles. The monoisotopic (exact) mass is 357 g/mol. The zero-order chi connectivity index (χ0) is 18.9. The summed E-state index contributed by atoms with van der Waals surface area (Å²) in [6.07, 6.45) is 0.0621. The van der Waals surface area contributed by atoms with E-state index in [2.05, 4.69) is 0 Å². The van der Waals surface area contributed by atoms with E-state index in [1.54, 1.807) is 25.3 Å². The molecule has 0 aliphatic heterocycles. The highest BCUT2D eigenvalue weighted by Gasteiger charge is 2.31. The molecule has 26 heavy (non-hydrogen) atoms. The molecule has 0 spiro atoms. The molecule has 6 nitrogen and oxygen atoms in total. The van der Waals surface area contributed by atoms with Crippen molar-refractivity contribution in [3.05, 3.63) is 65.7 Å². The molecular formula is C20H23NO5. The third-order valence-electron chi connectivity index (χ3n) is 4.18. The molecule has 0 aromatic heterocycles. The second kappa shape index (κ2) is 9.58. The lowest BCUT2D eigenvalue weighted by Gasteiger charge is -2.20. The number of carboxylic acids is 1. The second-order valence-corrected chi connectivity index (χ2v) is 5.93. The van der Waals surface area contributed by atoms with E-state index in [0.29, 0.717) is 5.75 Å². The zero-order valence-electron chi connectivity index (χ0n) is 14.6. The van der Waals surface area contributed by atoms with Gasteiger partial charge in [-0.2, -0.15) is 0 Å². The summed E-state index contributed by atoms with van der Waals surface area (Å²) < 4.78 is 10.4. The van der Waals surface area contributed by atoms with E-state index in [9.17, 15) is 14.7 Å². The first-order valence-electron chi connectivity index (χ1n) is 8.32. The van der Waals surface area contributed by atoms with Crippen LogP contribution in [0.5, 0.6) is 5.75 Å². The SMILES string of the molecule is COc1cccc(C(CN)CC(C(=O)O)C(=O)OCc2ccccc2)c1. The first kappa shape index (κ1) is 19.5. The van der Waals surface area contributed by atoms with Gasteiger partial charge in [0.15, 0.2) is 5.92 Å². The van der Waals surface area contributed by atoms with Crippen molar-refractivity contribution in [3.8, 4) is 5.75 Å². The number of aliphatic carboxylic acids is 1. The van der Waals surface area contributed by atoms with Gasteiger partial charge in [0.25, 0.3) is 0 Å². The second-order valence-electron chi connectivity index (χ2n) is 5.93. The molecule has 2 aromatic carbocycles. The van der Waals surface area contributed by atoms with Crippen molar-refractivity contribution >= 4 is 11.9 Å². The molecule has 0 fully saturated rings. The minimum absolute atomic E-state index is 0.0376. The Morgan fingerprint density at radius 2 is 1.85 bits per heavy atom. The van der Waals surface area contributed by atoms with Gasteiger partial charge in [-0.05, 0) is 42.1 Å². The summed E-state index contributed by atoms with van der Waals surface area (Å²) in [6.45, 7) is 0.249. The molecule has 0 radical (unpaired) electrons. The van der Waals surface area contributed by atoms with Gasteiger partial charge in [0.2, 0.25) is 0 Å². The third kappa shape index (κ3) is 5.32. The summed E-state index contributed by atoms with van der Waals surface area (Å²) in [5, 5.41) is 9.47. The molecule has 2 atom stereocenters. The third-order valence-corrected chi connectivity index (χ3v) is 4.18. The lowest BCUT2D eigenvalue weighted by molar-refractivity contribution is -0.160. The Hall–Kier alpha value is -2.86. The van der Waals surface area contributed by atoms with E-state index >= 15 is 0 Å². The molecule has 0 saturated heterocycles. The van der Waals surface area contributed by atoms with Crippen LogP contribution in [0.15, 0.2) is 54.6 Å². The average molecular weight is 357 g/mol. The lowest BCUT2D eigenvalue weighted by atomic mass is 9.88. The van der Waals surface area contributed by atoms with Crippen LogP contribution in [0.3, 0.4) is 0 Å². The molecule has 0 bridgehead atoms. The van der Waals surface area contributed by atoms with Crippen molar-refractivity contribution in [1.82, 2.24) is 0 Å². The van der Waals surface area contributed by atoms with Crippen LogP contribution in [0, 0.1) is 5.92 Å². The largest absolute Gasteiger partial charge is 0.497 e. The van der Waals surface area contributed by atoms with Crippen LogP contribution in [0.1, 0.15) is 23.5 Å². The van der Waals surface area contributed by atoms with Gasteiger partial charge >= 0.3 is 11.9 Å². The van der Waals surface area contributed by atoms with Crippen molar-refractivity contribution in [2.75, 3.05) is 13.7 Å². The fourth-order valence-corrected chi connectivity index (χ4v) is 2.68. The zero-order valence-corrected chi connectivity index (χ0v) is 14.6. The summed E-state index contributed by atoms with van der Waals surface area (Å²) in [7, 11) is 1.55. The van der Waals surface area contributed by atoms with Crippen molar-refractivity contribution in [2.45, 2.75) is 18.9 Å². The van der Waals surface area contributed by atoms with Crippen LogP contribution < -0.4 is 10.5 Å². The lowest BCUT2D eigenvalue weighted by Crippen LogP contribution is -2.29. The number of hydrogen-bond acceptors (Lipinski definition) is 5. The molecule has 0 amide bonds. The van der Waals surface area contributed by atoms with Crippen LogP contribution in [-0.4, -0.2) is 30.7 Å². The molecular weight excluding hydrogens is 334 g/mol. The first-order valence-corrected chi connectivity index (χ1v) is 8.32. The molecule has 2 rings (SSSR count). The van der Waals surface area contributed by atoms with E-state index in [0.717, 1.165) is 11.1 Å². The van der Waals surface area contributed by atoms with Crippen LogP contribution >= 0.6 is 0 Å². The average Bonchev–Trinajstić information content (AvgIpc) is 2.67. The topological polar surface area (TPSA) is 98.9 Å². The van der Waals surface area contributed by atoms with Gasteiger partial charge in [0.1, 0.15) is 12.4 Å². The van der Waals surface area contributed by atoms with Gasteiger partial charge in [-0.3, -0.25) is 9.59 Å². The van der Waals surface area contributed by atoms with Gasteiger partial charge in [0, 0.05) is 0 Å². The highest BCUT2D eigenvalue weighted by atomic mass is 16.5. The van der Waals surface area contributed by atoms with Gasteiger partial charge in [-0.15, -0.1) is 0 Å². The fraction of sp³-hybridized carbons (Fsp3) is 0.300. The summed E-state index contributed by atoms with van der Waals surface area (Å²) in [4.78, 5) is 23.9. The number of carbonyl (C=O) groups excluding carboxylic acids is 1. The molecule has 2 aromatic rings. The number of esters is 1. The van der Waals surface area contributed by atoms with Crippen molar-refractivity contribution in [3.63, 3.8) is 0 Å². The molecule has 138 valence electrons. The Kier molecular flexibility index (Phi) is 7.17. The number of ether oxygens (including phenoxy) is 2. The number of rotatable bonds is 9. The molecule has 0 saturated carbocycles. The normalized spacial score (nSPS) is 12.8. The van der Waals surface area contributed by atoms with Crippen molar-refractivity contribution < 1.29 is 24.2 Å². The molecule has 3 N–H and O–H groups in total. The smallest absolute Gasteiger partial charge is 0.320 e. The summed E-state index contributed by atoms with van der Waals surface area (Å²) >= 11 is 0. The Morgan fingerprint density at radius 1 is 1.12 bits per heavy atom. The predicted molar refractivity (Wildman–Crippen MR) is 96.8 cm³/mol. The van der Waals surface area contributed by atoms with Crippen molar-refractivity contribution in [1.29, 1.82) is 0 Å². The summed E-state index contributed by atoms with van der Waals surface area (Å²) in [5.74, 6) is -2.90. The van der Waals surface area contributed by atoms with Crippen molar-refractivity contribution in [2.24, 2.45) is 11.7 Å². The number of carbonyl (C=O) groups is 2. The first-order chi connectivity index (χ1) is 12.5. The maximum Gasteiger partial charge on any atom is 0.320 e. The van der Waals surface area contributed by atoms with Crippen LogP contribution in [-0.2, 0) is 20.9 Å². The maximum absolute atomic E-state index is 12.3. The minimum atomic E-state index is -1.28. The Morgan fingerprint density at radius 3 is 2.46 bits per heavy atom. The number of hydrogen-bond donors (Lipinski definition) is 2. The minimum Gasteiger partial charge on any atom is -0.497 e. The predicted octanol–water partition coefficient (Wildman–Crippen LogP) is 2.57. The van der Waals surface area contributed by atoms with Gasteiger partial charge < -0.3 is 20.3 Å². The Bertz CT molecular complexity index is 732. The van der Waals surface area contributed by atoms with Crippen LogP contribution in [0.4, 0.5) is 0 Å². The number of nitrogens with two attached hydrogens (primary N) is 1. The van der Waals surface area contributed by atoms with E-state index < -0.39 is 17.9 Å². The highest BCUT2D eigenvalue weighted by molar-refractivity contribution is 5.94. The Balaban J connectivity index is 2.07. The van der Waals surface area contributed by atoms with Crippen LogP contribution in [0.25, 0.3) is 0 Å². The summed E-state index contributed by atoms with van der Waals surface area (Å²) in [6, 6.07) is 16.4. The standard InChI is InChI=1S/C20H23NO5/c1-25-17-9-5-8-15(10-17)16(12-21)11-18(19(22)23)20(24)26-13-14-6-3-2-4-7-14/h2-10,16,18H,11-13,21H2,1H3,(H,22,23). The van der Waals surface area contributed by atoms with Crippen LogP contribution in [0.2, 0.25) is 0 Å². The van der Waals surface area contributed by atoms with E-state index in [4.69, 9.17) is 15.2 Å². The van der Waals surface area contributed by atoms with Gasteiger partial charge in [-0.25, -0.2) is 0 Å². The molecule has 2 unspecified atom stereocenters. The number of benzene rings is 2. The molecule has 0 aliphatic rings.